The predicted octanol–water partition coefficient (Wildman–Crippen LogP) is 3.15. The van der Waals surface area contributed by atoms with Crippen LogP contribution in [0.1, 0.15) is 36.3 Å². The molecule has 1 aliphatic rings. The summed E-state index contributed by atoms with van der Waals surface area (Å²) in [6, 6.07) is 16.9. The van der Waals surface area contributed by atoms with Gasteiger partial charge in [-0.3, -0.25) is 4.79 Å². The molecule has 5 nitrogen and oxygen atoms in total. The fourth-order valence-electron chi connectivity index (χ4n) is 3.47. The third-order valence-electron chi connectivity index (χ3n) is 4.68. The second kappa shape index (κ2) is 7.83. The summed E-state index contributed by atoms with van der Waals surface area (Å²) in [5.41, 5.74) is 3.96. The number of nitrogens with one attached hydrogen (secondary N) is 1. The molecular weight excluding hydrogens is 328 g/mol. The van der Waals surface area contributed by atoms with E-state index in [1.807, 2.05) is 54.6 Å². The predicted molar refractivity (Wildman–Crippen MR) is 97.1 cm³/mol. The SMILES string of the molecule is COC(=O)[C@@H](CCCC#N)NC(=O)C1c2ccccc2-c2ccccc21. The van der Waals surface area contributed by atoms with E-state index >= 15 is 0 Å². The average molecular weight is 348 g/mol. The second-order valence-corrected chi connectivity index (χ2v) is 6.24. The minimum atomic E-state index is -0.749. The van der Waals surface area contributed by atoms with E-state index in [4.69, 9.17) is 10.00 Å². The van der Waals surface area contributed by atoms with Gasteiger partial charge in [-0.25, -0.2) is 4.79 Å². The van der Waals surface area contributed by atoms with E-state index in [0.29, 0.717) is 19.3 Å². The highest BCUT2D eigenvalue weighted by atomic mass is 16.5. The monoisotopic (exact) mass is 348 g/mol. The van der Waals surface area contributed by atoms with Crippen molar-refractivity contribution in [3.8, 4) is 17.2 Å². The largest absolute Gasteiger partial charge is 0.467 e. The fourth-order valence-corrected chi connectivity index (χ4v) is 3.47. The van der Waals surface area contributed by atoms with E-state index in [9.17, 15) is 9.59 Å². The Kier molecular flexibility index (Phi) is 5.33. The molecule has 0 heterocycles. The van der Waals surface area contributed by atoms with Crippen LogP contribution in [-0.2, 0) is 14.3 Å². The summed E-state index contributed by atoms with van der Waals surface area (Å²) in [6.45, 7) is 0. The summed E-state index contributed by atoms with van der Waals surface area (Å²) in [5.74, 6) is -1.17. The Morgan fingerprint density at radius 2 is 1.69 bits per heavy atom. The number of carbonyl (C=O) groups excluding carboxylic acids is 2. The van der Waals surface area contributed by atoms with Gasteiger partial charge in [0, 0.05) is 6.42 Å². The van der Waals surface area contributed by atoms with Crippen molar-refractivity contribution < 1.29 is 14.3 Å². The number of ether oxygens (including phenoxy) is 1. The van der Waals surface area contributed by atoms with Gasteiger partial charge in [-0.1, -0.05) is 48.5 Å². The lowest BCUT2D eigenvalue weighted by molar-refractivity contribution is -0.145. The first kappa shape index (κ1) is 17.7. The third kappa shape index (κ3) is 3.31. The highest BCUT2D eigenvalue weighted by Crippen LogP contribution is 2.44. The molecule has 132 valence electrons. The Morgan fingerprint density at radius 1 is 1.12 bits per heavy atom. The van der Waals surface area contributed by atoms with Gasteiger partial charge in [-0.15, -0.1) is 0 Å². The highest BCUT2D eigenvalue weighted by Gasteiger charge is 2.35. The molecule has 0 aliphatic heterocycles. The average Bonchev–Trinajstić information content (AvgIpc) is 3.01. The lowest BCUT2D eigenvalue weighted by atomic mass is 9.95. The molecule has 5 heteroatoms. The number of amides is 1. The van der Waals surface area contributed by atoms with Crippen molar-refractivity contribution in [3.63, 3.8) is 0 Å². The van der Waals surface area contributed by atoms with Gasteiger partial charge >= 0.3 is 5.97 Å². The summed E-state index contributed by atoms with van der Waals surface area (Å²) < 4.78 is 4.81. The van der Waals surface area contributed by atoms with Gasteiger partial charge < -0.3 is 10.1 Å². The first-order valence-electron chi connectivity index (χ1n) is 8.60. The number of unbranched alkanes of at least 4 members (excludes halogenated alkanes) is 1. The fraction of sp³-hybridized carbons (Fsp3) is 0.286. The Hall–Kier alpha value is -3.13. The minimum absolute atomic E-state index is 0.227. The summed E-state index contributed by atoms with van der Waals surface area (Å²) in [5, 5.41) is 11.5. The number of methoxy groups -OCH3 is 1. The van der Waals surface area contributed by atoms with Crippen LogP contribution < -0.4 is 5.32 Å². The van der Waals surface area contributed by atoms with Gasteiger partial charge in [0.1, 0.15) is 6.04 Å². The molecule has 0 bridgehead atoms. The first-order chi connectivity index (χ1) is 12.7. The third-order valence-corrected chi connectivity index (χ3v) is 4.68. The number of carbonyl (C=O) groups is 2. The number of fused-ring (bicyclic) bond motifs is 3. The standard InChI is InChI=1S/C21H20N2O3/c1-26-21(25)18(12-6-7-13-22)23-20(24)19-16-10-4-2-8-14(16)15-9-3-5-11-17(15)19/h2-5,8-11,18-19H,6-7,12H2,1H3,(H,23,24)/t18-/m1/s1. The van der Waals surface area contributed by atoms with Crippen LogP contribution in [0.25, 0.3) is 11.1 Å². The lowest BCUT2D eigenvalue weighted by Crippen LogP contribution is -2.43. The van der Waals surface area contributed by atoms with Crippen molar-refractivity contribution in [3.05, 3.63) is 59.7 Å². The Labute approximate surface area is 152 Å². The maximum Gasteiger partial charge on any atom is 0.328 e. The molecule has 0 unspecified atom stereocenters. The molecule has 0 aromatic heterocycles. The highest BCUT2D eigenvalue weighted by molar-refractivity contribution is 5.97. The quantitative estimate of drug-likeness (QED) is 0.642. The molecule has 0 fully saturated rings. The van der Waals surface area contributed by atoms with Crippen molar-refractivity contribution >= 4 is 11.9 Å². The van der Waals surface area contributed by atoms with Crippen LogP contribution in [0.4, 0.5) is 0 Å². The van der Waals surface area contributed by atoms with Crippen molar-refractivity contribution in [2.45, 2.75) is 31.2 Å². The second-order valence-electron chi connectivity index (χ2n) is 6.24. The zero-order valence-corrected chi connectivity index (χ0v) is 14.6. The van der Waals surface area contributed by atoms with Crippen LogP contribution >= 0.6 is 0 Å². The molecule has 1 amide bonds. The normalized spacial score (nSPS) is 13.2. The van der Waals surface area contributed by atoms with Gasteiger partial charge in [0.05, 0.1) is 19.1 Å². The van der Waals surface area contributed by atoms with Crippen molar-refractivity contribution in [1.29, 1.82) is 5.26 Å². The van der Waals surface area contributed by atoms with E-state index in [2.05, 4.69) is 5.32 Å². The van der Waals surface area contributed by atoms with Gasteiger partial charge in [-0.2, -0.15) is 5.26 Å². The molecule has 0 spiro atoms. The molecule has 1 atom stereocenters. The minimum Gasteiger partial charge on any atom is -0.467 e. The van der Waals surface area contributed by atoms with E-state index in [0.717, 1.165) is 22.3 Å². The van der Waals surface area contributed by atoms with Crippen LogP contribution in [0.3, 0.4) is 0 Å². The van der Waals surface area contributed by atoms with Crippen LogP contribution in [0.15, 0.2) is 48.5 Å². The summed E-state index contributed by atoms with van der Waals surface area (Å²) >= 11 is 0. The van der Waals surface area contributed by atoms with Gasteiger partial charge in [0.15, 0.2) is 0 Å². The van der Waals surface area contributed by atoms with Crippen LogP contribution in [0, 0.1) is 11.3 Å². The number of hydrogen-bond donors (Lipinski definition) is 1. The first-order valence-corrected chi connectivity index (χ1v) is 8.60. The zero-order valence-electron chi connectivity index (χ0n) is 14.6. The molecule has 2 aromatic carbocycles. The topological polar surface area (TPSA) is 79.2 Å². The van der Waals surface area contributed by atoms with Crippen molar-refractivity contribution in [2.75, 3.05) is 7.11 Å². The number of esters is 1. The molecular formula is C21H20N2O3. The Morgan fingerprint density at radius 3 is 2.23 bits per heavy atom. The van der Waals surface area contributed by atoms with Crippen LogP contribution in [-0.4, -0.2) is 25.0 Å². The summed E-state index contributed by atoms with van der Waals surface area (Å²) in [7, 11) is 1.30. The number of benzene rings is 2. The number of rotatable bonds is 6. The number of hydrogen-bond acceptors (Lipinski definition) is 4. The smallest absolute Gasteiger partial charge is 0.328 e. The summed E-state index contributed by atoms with van der Waals surface area (Å²) in [4.78, 5) is 25.1. The maximum atomic E-state index is 13.1. The Bertz CT molecular complexity index is 824. The van der Waals surface area contributed by atoms with E-state index < -0.39 is 17.9 Å². The van der Waals surface area contributed by atoms with E-state index in [1.54, 1.807) is 0 Å². The molecule has 0 radical (unpaired) electrons. The molecule has 0 saturated carbocycles. The summed E-state index contributed by atoms with van der Waals surface area (Å²) in [6.07, 6.45) is 1.23. The molecule has 2 aromatic rings. The van der Waals surface area contributed by atoms with E-state index in [-0.39, 0.29) is 5.91 Å². The molecule has 0 saturated heterocycles. The Balaban J connectivity index is 1.87. The maximum absolute atomic E-state index is 13.1. The zero-order chi connectivity index (χ0) is 18.5. The van der Waals surface area contributed by atoms with Gasteiger partial charge in [-0.05, 0) is 35.1 Å². The molecule has 26 heavy (non-hydrogen) atoms. The molecule has 1 N–H and O–H groups in total. The molecule has 3 rings (SSSR count). The van der Waals surface area contributed by atoms with E-state index in [1.165, 1.54) is 7.11 Å². The van der Waals surface area contributed by atoms with Crippen LogP contribution in [0.2, 0.25) is 0 Å². The lowest BCUT2D eigenvalue weighted by Gasteiger charge is -2.20. The van der Waals surface area contributed by atoms with Gasteiger partial charge in [0.2, 0.25) is 5.91 Å². The molecule has 1 aliphatic carbocycles. The van der Waals surface area contributed by atoms with Crippen molar-refractivity contribution in [1.82, 2.24) is 5.32 Å². The number of nitrogens with zero attached hydrogens (tertiary/aromatic N) is 1. The van der Waals surface area contributed by atoms with Crippen molar-refractivity contribution in [2.24, 2.45) is 0 Å². The number of nitriles is 1. The van der Waals surface area contributed by atoms with Gasteiger partial charge in [0.25, 0.3) is 0 Å². The van der Waals surface area contributed by atoms with Crippen LogP contribution in [0.5, 0.6) is 0 Å².